The molecule has 1 fully saturated rings. The number of pyridine rings is 2. The average molecular weight is 608 g/mol. The van der Waals surface area contributed by atoms with Gasteiger partial charge in [0.15, 0.2) is 0 Å². The van der Waals surface area contributed by atoms with E-state index in [1.165, 1.54) is 15.2 Å². The van der Waals surface area contributed by atoms with E-state index < -0.39 is 18.0 Å². The Balaban J connectivity index is 1.21. The first-order valence-electron chi connectivity index (χ1n) is 13.9. The highest BCUT2D eigenvalue weighted by Gasteiger charge is 2.27. The summed E-state index contributed by atoms with van der Waals surface area (Å²) < 4.78 is 33.0. The van der Waals surface area contributed by atoms with Gasteiger partial charge in [0.25, 0.3) is 12.3 Å². The van der Waals surface area contributed by atoms with E-state index in [0.717, 1.165) is 30.1 Å². The lowest BCUT2D eigenvalue weighted by Gasteiger charge is -2.29. The van der Waals surface area contributed by atoms with Gasteiger partial charge < -0.3 is 9.88 Å². The Morgan fingerprint density at radius 2 is 1.77 bits per heavy atom. The van der Waals surface area contributed by atoms with Gasteiger partial charge in [-0.1, -0.05) is 23.7 Å². The first-order chi connectivity index (χ1) is 20.7. The number of amides is 1. The molecule has 4 aromatic heterocycles. The average Bonchev–Trinajstić information content (AvgIpc) is 3.48. The highest BCUT2D eigenvalue weighted by atomic mass is 35.5. The smallest absolute Gasteiger partial charge is 0.333 e. The summed E-state index contributed by atoms with van der Waals surface area (Å²) in [4.78, 5) is 47.1. The van der Waals surface area contributed by atoms with E-state index in [2.05, 4.69) is 15.3 Å². The summed E-state index contributed by atoms with van der Waals surface area (Å²) in [7, 11) is 1.65. The van der Waals surface area contributed by atoms with Crippen molar-refractivity contribution in [2.75, 3.05) is 0 Å². The first-order valence-corrected chi connectivity index (χ1v) is 14.2. The van der Waals surface area contributed by atoms with Crippen LogP contribution in [0.3, 0.4) is 0 Å². The summed E-state index contributed by atoms with van der Waals surface area (Å²) in [6.45, 7) is 0.483. The van der Waals surface area contributed by atoms with Crippen molar-refractivity contribution >= 4 is 28.5 Å². The second kappa shape index (κ2) is 11.6. The van der Waals surface area contributed by atoms with Gasteiger partial charge in [-0.3, -0.25) is 23.5 Å². The number of benzene rings is 1. The third-order valence-electron chi connectivity index (χ3n) is 7.98. The molecule has 0 bridgehead atoms. The number of fused-ring (bicyclic) bond motifs is 1. The van der Waals surface area contributed by atoms with Crippen molar-refractivity contribution in [2.45, 2.75) is 44.7 Å². The molecule has 0 aliphatic heterocycles. The Labute approximate surface area is 249 Å². The molecule has 1 aliphatic rings. The molecule has 0 atom stereocenters. The molecule has 0 unspecified atom stereocenters. The van der Waals surface area contributed by atoms with Crippen LogP contribution in [0.15, 0.2) is 76.8 Å². The van der Waals surface area contributed by atoms with Gasteiger partial charge in [0, 0.05) is 50.5 Å². The van der Waals surface area contributed by atoms with E-state index in [-0.39, 0.29) is 33.9 Å². The fourth-order valence-corrected chi connectivity index (χ4v) is 5.93. The normalized spacial score (nSPS) is 17.0. The molecule has 13 heteroatoms. The largest absolute Gasteiger partial charge is 0.349 e. The van der Waals surface area contributed by atoms with Crippen LogP contribution in [-0.2, 0) is 13.6 Å². The molecule has 43 heavy (non-hydrogen) atoms. The molecule has 1 N–H and O–H groups in total. The fourth-order valence-electron chi connectivity index (χ4n) is 5.77. The Morgan fingerprint density at radius 3 is 2.47 bits per heavy atom. The third kappa shape index (κ3) is 5.50. The number of alkyl halides is 2. The van der Waals surface area contributed by atoms with Crippen LogP contribution < -0.4 is 16.7 Å². The van der Waals surface area contributed by atoms with Gasteiger partial charge in [0.1, 0.15) is 11.5 Å². The molecule has 1 amide bonds. The lowest BCUT2D eigenvalue weighted by atomic mass is 9.85. The molecular formula is C30H28ClF2N7O3. The van der Waals surface area contributed by atoms with Gasteiger partial charge in [0.05, 0.1) is 27.3 Å². The number of rotatable bonds is 7. The highest BCUT2D eigenvalue weighted by Crippen LogP contribution is 2.29. The molecule has 222 valence electrons. The Hall–Kier alpha value is -4.58. The summed E-state index contributed by atoms with van der Waals surface area (Å²) in [5, 5.41) is 2.97. The van der Waals surface area contributed by atoms with Crippen LogP contribution in [0.2, 0.25) is 5.02 Å². The van der Waals surface area contributed by atoms with Gasteiger partial charge in [-0.15, -0.1) is 0 Å². The molecule has 4 heterocycles. The van der Waals surface area contributed by atoms with E-state index >= 15 is 0 Å². The number of imidazole rings is 2. The fraction of sp³-hybridized carbons (Fsp3) is 0.300. The lowest BCUT2D eigenvalue weighted by Crippen LogP contribution is -2.39. The number of carbonyl (C=O) groups excluding carboxylic acids is 1. The standard InChI is InChI=1S/C30H28ClF2N7O3/c1-37-12-13-38(29(37)42)25-15-21(10-11-34-25)40-24-5-3-2-4-23(24)39(30(40)43)17-18-6-8-20(9-7-18)36-28(41)22-14-19(31)16-35-26(22)27(32)33/h2-5,10-16,18,20,27H,6-9,17H2,1H3,(H,36,41). The van der Waals surface area contributed by atoms with Crippen LogP contribution in [0.5, 0.6) is 0 Å². The minimum atomic E-state index is -2.89. The van der Waals surface area contributed by atoms with Gasteiger partial charge in [-0.2, -0.15) is 0 Å². The number of aromatic nitrogens is 6. The molecule has 0 saturated heterocycles. The van der Waals surface area contributed by atoms with Crippen molar-refractivity contribution in [3.05, 3.63) is 105 Å². The zero-order valence-corrected chi connectivity index (χ0v) is 23.9. The van der Waals surface area contributed by atoms with Crippen LogP contribution in [0, 0.1) is 5.92 Å². The minimum Gasteiger partial charge on any atom is -0.349 e. The predicted molar refractivity (Wildman–Crippen MR) is 157 cm³/mol. The second-order valence-corrected chi connectivity index (χ2v) is 11.2. The van der Waals surface area contributed by atoms with Crippen molar-refractivity contribution in [3.8, 4) is 11.5 Å². The van der Waals surface area contributed by atoms with Crippen LogP contribution >= 0.6 is 11.6 Å². The number of carbonyl (C=O) groups is 1. The summed E-state index contributed by atoms with van der Waals surface area (Å²) in [5.74, 6) is -0.0468. The van der Waals surface area contributed by atoms with E-state index in [0.29, 0.717) is 30.9 Å². The maximum atomic E-state index is 13.9. The van der Waals surface area contributed by atoms with Crippen molar-refractivity contribution in [3.63, 3.8) is 0 Å². The Morgan fingerprint density at radius 1 is 1.02 bits per heavy atom. The number of halogens is 3. The number of aryl methyl sites for hydroxylation is 1. The summed E-state index contributed by atoms with van der Waals surface area (Å²) in [5.41, 5.74) is 0.837. The first kappa shape index (κ1) is 28.5. The number of nitrogens with zero attached hydrogens (tertiary/aromatic N) is 6. The maximum Gasteiger partial charge on any atom is 0.333 e. The topological polar surface area (TPSA) is 109 Å². The summed E-state index contributed by atoms with van der Waals surface area (Å²) in [6, 6.07) is 12.0. The second-order valence-electron chi connectivity index (χ2n) is 10.7. The third-order valence-corrected chi connectivity index (χ3v) is 8.18. The van der Waals surface area contributed by atoms with Crippen LogP contribution in [-0.4, -0.2) is 40.2 Å². The molecule has 1 aliphatic carbocycles. The predicted octanol–water partition coefficient (Wildman–Crippen LogP) is 4.65. The van der Waals surface area contributed by atoms with Crippen molar-refractivity contribution in [1.82, 2.24) is 33.6 Å². The molecule has 1 aromatic carbocycles. The molecule has 6 rings (SSSR count). The Bertz CT molecular complexity index is 1940. The summed E-state index contributed by atoms with van der Waals surface area (Å²) >= 11 is 5.91. The molecule has 0 radical (unpaired) electrons. The van der Waals surface area contributed by atoms with E-state index in [4.69, 9.17) is 11.6 Å². The zero-order chi connectivity index (χ0) is 30.2. The molecular weight excluding hydrogens is 580 g/mol. The van der Waals surface area contributed by atoms with Crippen molar-refractivity contribution < 1.29 is 13.6 Å². The Kier molecular flexibility index (Phi) is 7.70. The molecule has 5 aromatic rings. The van der Waals surface area contributed by atoms with Crippen LogP contribution in [0.1, 0.15) is 48.2 Å². The van der Waals surface area contributed by atoms with Gasteiger partial charge in [-0.05, 0) is 55.9 Å². The molecule has 0 spiro atoms. The zero-order valence-electron chi connectivity index (χ0n) is 23.2. The van der Waals surface area contributed by atoms with E-state index in [1.807, 2.05) is 24.3 Å². The van der Waals surface area contributed by atoms with E-state index in [1.54, 1.807) is 46.9 Å². The minimum absolute atomic E-state index is 0.111. The van der Waals surface area contributed by atoms with Crippen LogP contribution in [0.4, 0.5) is 8.78 Å². The SMILES string of the molecule is Cn1ccn(-c2cc(-n3c(=O)n(CC4CCC(NC(=O)c5cc(Cl)cnc5C(F)F)CC4)c4ccccc43)ccn2)c1=O. The van der Waals surface area contributed by atoms with Gasteiger partial charge in [-0.25, -0.2) is 23.4 Å². The van der Waals surface area contributed by atoms with Gasteiger partial charge >= 0.3 is 11.4 Å². The molecule has 1 saturated carbocycles. The van der Waals surface area contributed by atoms with Crippen molar-refractivity contribution in [2.24, 2.45) is 13.0 Å². The van der Waals surface area contributed by atoms with Gasteiger partial charge in [0.2, 0.25) is 0 Å². The lowest BCUT2D eigenvalue weighted by molar-refractivity contribution is 0.0904. The number of nitrogens with one attached hydrogen (secondary N) is 1. The number of hydrogen-bond donors (Lipinski definition) is 1. The quantitative estimate of drug-likeness (QED) is 0.290. The van der Waals surface area contributed by atoms with Crippen molar-refractivity contribution in [1.29, 1.82) is 0 Å². The van der Waals surface area contributed by atoms with E-state index in [9.17, 15) is 23.2 Å². The number of para-hydroxylation sites is 2. The number of hydrogen-bond acceptors (Lipinski definition) is 5. The monoisotopic (exact) mass is 607 g/mol. The maximum absolute atomic E-state index is 13.9. The van der Waals surface area contributed by atoms with Crippen LogP contribution in [0.25, 0.3) is 22.5 Å². The molecule has 10 nitrogen and oxygen atoms in total. The summed E-state index contributed by atoms with van der Waals surface area (Å²) in [6.07, 6.45) is 5.81. The highest BCUT2D eigenvalue weighted by molar-refractivity contribution is 6.30.